The van der Waals surface area contributed by atoms with Crippen molar-refractivity contribution in [1.29, 1.82) is 0 Å². The molecule has 0 fully saturated rings. The molecule has 1 aromatic carbocycles. The highest BCUT2D eigenvalue weighted by Crippen LogP contribution is 2.32. The third kappa shape index (κ3) is 2.69. The van der Waals surface area contributed by atoms with Crippen molar-refractivity contribution in [2.75, 3.05) is 0 Å². The standard InChI is InChI=1S/C15H12N2O5/c18-13(16-17-14(19)11-6-3-7-21-11)8-12-9-4-1-2-5-10(9)15(20)22-12/h1-7,12H,8H2,(H,16,18)(H,17,19)/t12-/m0/s1. The molecule has 1 atom stereocenters. The molecule has 0 unspecified atom stereocenters. The lowest BCUT2D eigenvalue weighted by atomic mass is 10.0. The third-order valence-corrected chi connectivity index (χ3v) is 3.21. The fourth-order valence-electron chi connectivity index (χ4n) is 2.19. The van der Waals surface area contributed by atoms with Gasteiger partial charge in [-0.05, 0) is 18.2 Å². The van der Waals surface area contributed by atoms with Crippen molar-refractivity contribution < 1.29 is 23.5 Å². The highest BCUT2D eigenvalue weighted by Gasteiger charge is 2.32. The Morgan fingerprint density at radius 2 is 1.91 bits per heavy atom. The van der Waals surface area contributed by atoms with Crippen LogP contribution in [-0.2, 0) is 9.53 Å². The first-order valence-corrected chi connectivity index (χ1v) is 6.58. The van der Waals surface area contributed by atoms with E-state index in [0.717, 1.165) is 0 Å². The molecular formula is C15H12N2O5. The first-order chi connectivity index (χ1) is 10.6. The number of carbonyl (C=O) groups excluding carboxylic acids is 3. The van der Waals surface area contributed by atoms with Gasteiger partial charge < -0.3 is 9.15 Å². The van der Waals surface area contributed by atoms with Gasteiger partial charge in [-0.3, -0.25) is 20.4 Å². The smallest absolute Gasteiger partial charge is 0.339 e. The van der Waals surface area contributed by atoms with Crippen molar-refractivity contribution in [3.8, 4) is 0 Å². The maximum atomic E-state index is 11.8. The second-order valence-electron chi connectivity index (χ2n) is 4.66. The Balaban J connectivity index is 1.57. The highest BCUT2D eigenvalue weighted by atomic mass is 16.5. The van der Waals surface area contributed by atoms with E-state index in [9.17, 15) is 14.4 Å². The zero-order chi connectivity index (χ0) is 15.5. The highest BCUT2D eigenvalue weighted by molar-refractivity contribution is 5.95. The van der Waals surface area contributed by atoms with E-state index in [1.54, 1.807) is 30.3 Å². The zero-order valence-corrected chi connectivity index (χ0v) is 11.4. The van der Waals surface area contributed by atoms with E-state index in [4.69, 9.17) is 9.15 Å². The number of hydrazine groups is 1. The van der Waals surface area contributed by atoms with Crippen LogP contribution in [0.1, 0.15) is 39.0 Å². The van der Waals surface area contributed by atoms with Crippen LogP contribution in [0.3, 0.4) is 0 Å². The number of hydrogen-bond donors (Lipinski definition) is 2. The predicted octanol–water partition coefficient (Wildman–Crippen LogP) is 1.34. The van der Waals surface area contributed by atoms with Crippen molar-refractivity contribution in [3.63, 3.8) is 0 Å². The molecule has 0 spiro atoms. The molecule has 1 aliphatic rings. The summed E-state index contributed by atoms with van der Waals surface area (Å²) in [6.45, 7) is 0. The Labute approximate surface area is 125 Å². The summed E-state index contributed by atoms with van der Waals surface area (Å²) in [6, 6.07) is 9.91. The minimum atomic E-state index is -0.649. The average molecular weight is 300 g/mol. The fourth-order valence-corrected chi connectivity index (χ4v) is 2.19. The molecule has 2 aromatic rings. The largest absolute Gasteiger partial charge is 0.459 e. The predicted molar refractivity (Wildman–Crippen MR) is 73.5 cm³/mol. The van der Waals surface area contributed by atoms with Gasteiger partial charge in [-0.1, -0.05) is 18.2 Å². The maximum Gasteiger partial charge on any atom is 0.339 e. The summed E-state index contributed by atoms with van der Waals surface area (Å²) < 4.78 is 10.0. The van der Waals surface area contributed by atoms with Gasteiger partial charge in [0.25, 0.3) is 0 Å². The molecule has 1 aliphatic heterocycles. The summed E-state index contributed by atoms with van der Waals surface area (Å²) in [5, 5.41) is 0. The normalized spacial score (nSPS) is 15.8. The van der Waals surface area contributed by atoms with E-state index in [1.165, 1.54) is 12.3 Å². The number of benzene rings is 1. The first-order valence-electron chi connectivity index (χ1n) is 6.58. The number of ether oxygens (including phenoxy) is 1. The molecule has 3 rings (SSSR count). The van der Waals surface area contributed by atoms with Gasteiger partial charge in [-0.15, -0.1) is 0 Å². The molecule has 0 saturated heterocycles. The monoisotopic (exact) mass is 300 g/mol. The van der Waals surface area contributed by atoms with Crippen LogP contribution in [0.5, 0.6) is 0 Å². The summed E-state index contributed by atoms with van der Waals surface area (Å²) in [7, 11) is 0. The van der Waals surface area contributed by atoms with E-state index in [2.05, 4.69) is 10.9 Å². The number of nitrogens with one attached hydrogen (secondary N) is 2. The lowest BCUT2D eigenvalue weighted by Crippen LogP contribution is -2.42. The quantitative estimate of drug-likeness (QED) is 0.658. The van der Waals surface area contributed by atoms with E-state index >= 15 is 0 Å². The van der Waals surface area contributed by atoms with E-state index in [1.807, 2.05) is 0 Å². The van der Waals surface area contributed by atoms with Gasteiger partial charge in [0.1, 0.15) is 6.10 Å². The van der Waals surface area contributed by atoms with Crippen LogP contribution in [0.25, 0.3) is 0 Å². The molecule has 0 radical (unpaired) electrons. The van der Waals surface area contributed by atoms with Gasteiger partial charge in [0, 0.05) is 5.56 Å². The molecule has 112 valence electrons. The van der Waals surface area contributed by atoms with Crippen LogP contribution in [0.15, 0.2) is 47.1 Å². The number of fused-ring (bicyclic) bond motifs is 1. The Morgan fingerprint density at radius 1 is 1.09 bits per heavy atom. The number of cyclic esters (lactones) is 1. The third-order valence-electron chi connectivity index (χ3n) is 3.21. The molecule has 2 amide bonds. The van der Waals surface area contributed by atoms with Gasteiger partial charge in [-0.2, -0.15) is 0 Å². The van der Waals surface area contributed by atoms with Crippen molar-refractivity contribution >= 4 is 17.8 Å². The molecule has 0 aliphatic carbocycles. The van der Waals surface area contributed by atoms with Crippen LogP contribution >= 0.6 is 0 Å². The van der Waals surface area contributed by atoms with Crippen molar-refractivity contribution in [3.05, 3.63) is 59.5 Å². The Morgan fingerprint density at radius 3 is 2.68 bits per heavy atom. The molecule has 2 N–H and O–H groups in total. The Kier molecular flexibility index (Phi) is 3.61. The first kappa shape index (κ1) is 13.9. The van der Waals surface area contributed by atoms with Gasteiger partial charge in [0.05, 0.1) is 18.2 Å². The molecule has 7 nitrogen and oxygen atoms in total. The summed E-state index contributed by atoms with van der Waals surface area (Å²) >= 11 is 0. The summed E-state index contributed by atoms with van der Waals surface area (Å²) in [6.07, 6.45) is 0.622. The lowest BCUT2D eigenvalue weighted by Gasteiger charge is -2.11. The molecule has 0 saturated carbocycles. The number of rotatable bonds is 3. The van der Waals surface area contributed by atoms with Crippen LogP contribution in [0.2, 0.25) is 0 Å². The van der Waals surface area contributed by atoms with Gasteiger partial charge in [-0.25, -0.2) is 4.79 Å². The van der Waals surface area contributed by atoms with Gasteiger partial charge in [0.15, 0.2) is 5.76 Å². The van der Waals surface area contributed by atoms with Gasteiger partial charge >= 0.3 is 11.9 Å². The van der Waals surface area contributed by atoms with Crippen molar-refractivity contribution in [1.82, 2.24) is 10.9 Å². The molecule has 22 heavy (non-hydrogen) atoms. The van der Waals surface area contributed by atoms with Crippen molar-refractivity contribution in [2.45, 2.75) is 12.5 Å². The average Bonchev–Trinajstić information content (AvgIpc) is 3.15. The second-order valence-corrected chi connectivity index (χ2v) is 4.66. The fraction of sp³-hybridized carbons (Fsp3) is 0.133. The summed E-state index contributed by atoms with van der Waals surface area (Å²) in [5.41, 5.74) is 5.60. The minimum Gasteiger partial charge on any atom is -0.459 e. The lowest BCUT2D eigenvalue weighted by molar-refractivity contribution is -0.123. The van der Waals surface area contributed by atoms with Crippen LogP contribution < -0.4 is 10.9 Å². The van der Waals surface area contributed by atoms with Crippen LogP contribution in [-0.4, -0.2) is 17.8 Å². The Hall–Kier alpha value is -3.09. The number of furan rings is 1. The molecule has 0 bridgehead atoms. The molecule has 7 heteroatoms. The molecule has 2 heterocycles. The second kappa shape index (κ2) is 5.72. The van der Waals surface area contributed by atoms with Crippen molar-refractivity contribution in [2.24, 2.45) is 0 Å². The topological polar surface area (TPSA) is 97.6 Å². The Bertz CT molecular complexity index is 723. The van der Waals surface area contributed by atoms with Crippen LogP contribution in [0, 0.1) is 0 Å². The van der Waals surface area contributed by atoms with E-state index in [-0.39, 0.29) is 12.2 Å². The summed E-state index contributed by atoms with van der Waals surface area (Å²) in [4.78, 5) is 35.1. The number of esters is 1. The van der Waals surface area contributed by atoms with E-state index in [0.29, 0.717) is 11.1 Å². The molecular weight excluding hydrogens is 288 g/mol. The molecule has 1 aromatic heterocycles. The zero-order valence-electron chi connectivity index (χ0n) is 11.4. The van der Waals surface area contributed by atoms with Gasteiger partial charge in [0.2, 0.25) is 5.91 Å². The SMILES string of the molecule is O=C(C[C@@H]1OC(=O)c2ccccc21)NNC(=O)c1ccco1. The number of carbonyl (C=O) groups is 3. The summed E-state index contributed by atoms with van der Waals surface area (Å²) in [5.74, 6) is -1.41. The van der Waals surface area contributed by atoms with E-state index < -0.39 is 23.9 Å². The number of hydrogen-bond acceptors (Lipinski definition) is 5. The number of amides is 2. The maximum absolute atomic E-state index is 11.8. The minimum absolute atomic E-state index is 0.0814. The van der Waals surface area contributed by atoms with Crippen LogP contribution in [0.4, 0.5) is 0 Å².